The highest BCUT2D eigenvalue weighted by molar-refractivity contribution is 5.58. The van der Waals surface area contributed by atoms with Gasteiger partial charge in [0.05, 0.1) is 12.7 Å². The number of piperidine rings is 1. The Morgan fingerprint density at radius 2 is 1.74 bits per heavy atom. The van der Waals surface area contributed by atoms with E-state index in [4.69, 9.17) is 9.47 Å². The number of aromatic hydroxyl groups is 1. The number of anilines is 1. The van der Waals surface area contributed by atoms with Crippen molar-refractivity contribution in [3.8, 4) is 11.5 Å². The van der Waals surface area contributed by atoms with E-state index in [9.17, 15) is 5.11 Å². The average molecular weight is 470 g/mol. The molecule has 0 saturated carbocycles. The second-order valence-electron chi connectivity index (χ2n) is 10.5. The fraction of sp³-hybridized carbons (Fsp3) is 0.419. The molecular formula is C31H35NO3. The summed E-state index contributed by atoms with van der Waals surface area (Å²) in [6.45, 7) is 2.98. The lowest BCUT2D eigenvalue weighted by Gasteiger charge is -2.40. The van der Waals surface area contributed by atoms with Crippen LogP contribution in [0.25, 0.3) is 0 Å². The van der Waals surface area contributed by atoms with Gasteiger partial charge in [0, 0.05) is 42.9 Å². The molecule has 6 rings (SSSR count). The van der Waals surface area contributed by atoms with E-state index >= 15 is 0 Å². The topological polar surface area (TPSA) is 41.9 Å². The SMILES string of the molecule is COc1cc(N2CCC3(CCCO3)CC2)ccc1C1c2ccc(O)cc2CCC1c1ccccc1. The van der Waals surface area contributed by atoms with Crippen molar-refractivity contribution in [3.63, 3.8) is 0 Å². The van der Waals surface area contributed by atoms with Crippen LogP contribution in [0.5, 0.6) is 11.5 Å². The molecular weight excluding hydrogens is 434 g/mol. The highest BCUT2D eigenvalue weighted by Gasteiger charge is 2.39. The molecule has 3 aromatic rings. The number of hydrogen-bond acceptors (Lipinski definition) is 4. The Kier molecular flexibility index (Phi) is 5.93. The Bertz CT molecular complexity index is 1180. The molecule has 2 unspecified atom stereocenters. The van der Waals surface area contributed by atoms with Gasteiger partial charge in [0.15, 0.2) is 0 Å². The molecule has 0 bridgehead atoms. The molecule has 3 aliphatic rings. The normalized spacial score (nSPS) is 23.3. The molecule has 1 N–H and O–H groups in total. The summed E-state index contributed by atoms with van der Waals surface area (Å²) in [4.78, 5) is 2.49. The number of phenols is 1. The van der Waals surface area contributed by atoms with Crippen LogP contribution in [0.2, 0.25) is 0 Å². The lowest BCUT2D eigenvalue weighted by atomic mass is 9.69. The lowest BCUT2D eigenvalue weighted by molar-refractivity contribution is -0.0146. The third kappa shape index (κ3) is 4.18. The largest absolute Gasteiger partial charge is 0.508 e. The van der Waals surface area contributed by atoms with E-state index < -0.39 is 0 Å². The smallest absolute Gasteiger partial charge is 0.124 e. The molecule has 0 amide bonds. The van der Waals surface area contributed by atoms with Crippen molar-refractivity contribution in [2.45, 2.75) is 56.0 Å². The molecule has 2 atom stereocenters. The van der Waals surface area contributed by atoms with Crippen molar-refractivity contribution in [1.82, 2.24) is 0 Å². The number of methoxy groups -OCH3 is 1. The minimum atomic E-state index is 0.126. The van der Waals surface area contributed by atoms with E-state index in [1.165, 1.54) is 40.8 Å². The van der Waals surface area contributed by atoms with Gasteiger partial charge in [-0.05, 0) is 79.3 Å². The van der Waals surface area contributed by atoms with Gasteiger partial charge in [0.1, 0.15) is 11.5 Å². The molecule has 3 aromatic carbocycles. The molecule has 4 nitrogen and oxygen atoms in total. The number of aryl methyl sites for hydroxylation is 1. The Morgan fingerprint density at radius 3 is 2.49 bits per heavy atom. The van der Waals surface area contributed by atoms with Gasteiger partial charge in [-0.15, -0.1) is 0 Å². The molecule has 1 aliphatic carbocycles. The Hall–Kier alpha value is -2.98. The highest BCUT2D eigenvalue weighted by atomic mass is 16.5. The number of hydrogen-bond donors (Lipinski definition) is 1. The van der Waals surface area contributed by atoms with E-state index in [2.05, 4.69) is 59.5 Å². The molecule has 2 fully saturated rings. The van der Waals surface area contributed by atoms with E-state index in [1.807, 2.05) is 12.1 Å². The van der Waals surface area contributed by atoms with Gasteiger partial charge >= 0.3 is 0 Å². The molecule has 182 valence electrons. The number of fused-ring (bicyclic) bond motifs is 1. The quantitative estimate of drug-likeness (QED) is 0.479. The molecule has 2 saturated heterocycles. The Labute approximate surface area is 208 Å². The van der Waals surface area contributed by atoms with Gasteiger partial charge in [0.2, 0.25) is 0 Å². The summed E-state index contributed by atoms with van der Waals surface area (Å²) in [5, 5.41) is 10.1. The van der Waals surface area contributed by atoms with Crippen LogP contribution in [-0.2, 0) is 11.2 Å². The molecule has 0 aromatic heterocycles. The predicted molar refractivity (Wildman–Crippen MR) is 140 cm³/mol. The van der Waals surface area contributed by atoms with Crippen molar-refractivity contribution in [2.75, 3.05) is 31.7 Å². The van der Waals surface area contributed by atoms with Crippen molar-refractivity contribution >= 4 is 5.69 Å². The van der Waals surface area contributed by atoms with Gasteiger partial charge in [-0.25, -0.2) is 0 Å². The Balaban J connectivity index is 1.35. The zero-order valence-corrected chi connectivity index (χ0v) is 20.6. The number of rotatable bonds is 4. The molecule has 1 spiro atoms. The fourth-order valence-corrected chi connectivity index (χ4v) is 6.73. The van der Waals surface area contributed by atoms with Gasteiger partial charge in [-0.3, -0.25) is 0 Å². The predicted octanol–water partition coefficient (Wildman–Crippen LogP) is 6.41. The van der Waals surface area contributed by atoms with Gasteiger partial charge < -0.3 is 19.5 Å². The first-order valence-electron chi connectivity index (χ1n) is 13.1. The summed E-state index contributed by atoms with van der Waals surface area (Å²) in [5.74, 6) is 1.84. The maximum Gasteiger partial charge on any atom is 0.124 e. The van der Waals surface area contributed by atoms with Crippen molar-refractivity contribution in [1.29, 1.82) is 0 Å². The first-order valence-corrected chi connectivity index (χ1v) is 13.1. The maximum absolute atomic E-state index is 10.1. The van der Waals surface area contributed by atoms with Crippen LogP contribution in [-0.4, -0.2) is 37.5 Å². The highest BCUT2D eigenvalue weighted by Crippen LogP contribution is 2.50. The van der Waals surface area contributed by atoms with Crippen LogP contribution in [0, 0.1) is 0 Å². The van der Waals surface area contributed by atoms with E-state index in [0.29, 0.717) is 11.7 Å². The summed E-state index contributed by atoms with van der Waals surface area (Å²) in [7, 11) is 1.79. The zero-order chi connectivity index (χ0) is 23.8. The molecule has 35 heavy (non-hydrogen) atoms. The van der Waals surface area contributed by atoms with E-state index in [0.717, 1.165) is 51.1 Å². The van der Waals surface area contributed by atoms with Crippen LogP contribution in [0.4, 0.5) is 5.69 Å². The van der Waals surface area contributed by atoms with Gasteiger partial charge in [-0.2, -0.15) is 0 Å². The summed E-state index contributed by atoms with van der Waals surface area (Å²) < 4.78 is 12.2. The number of nitrogens with zero attached hydrogens (tertiary/aromatic N) is 1. The molecule has 2 heterocycles. The van der Waals surface area contributed by atoms with Crippen molar-refractivity contribution < 1.29 is 14.6 Å². The molecule has 4 heteroatoms. The second kappa shape index (κ2) is 9.23. The first-order chi connectivity index (χ1) is 17.2. The van der Waals surface area contributed by atoms with Gasteiger partial charge in [0.25, 0.3) is 0 Å². The summed E-state index contributed by atoms with van der Waals surface area (Å²) >= 11 is 0. The third-order valence-corrected chi connectivity index (χ3v) is 8.59. The van der Waals surface area contributed by atoms with E-state index in [-0.39, 0.29) is 11.5 Å². The van der Waals surface area contributed by atoms with Crippen LogP contribution in [0.3, 0.4) is 0 Å². The summed E-state index contributed by atoms with van der Waals surface area (Å²) in [5.41, 5.74) is 6.49. The first kappa shape index (κ1) is 22.5. The fourth-order valence-electron chi connectivity index (χ4n) is 6.73. The van der Waals surface area contributed by atoms with Crippen molar-refractivity contribution in [2.24, 2.45) is 0 Å². The third-order valence-electron chi connectivity index (χ3n) is 8.59. The standard InChI is InChI=1S/C31H35NO3/c1-34-29-21-24(32-17-15-31(16-18-32)14-5-19-35-31)9-12-28(29)30-26(22-6-3-2-4-7-22)11-8-23-20-25(33)10-13-27(23)30/h2-4,6-7,9-10,12-13,20-21,26,30,33H,5,8,11,14-19H2,1H3. The number of phenolic OH excluding ortho intramolecular Hbond substituents is 1. The van der Waals surface area contributed by atoms with E-state index in [1.54, 1.807) is 7.11 Å². The summed E-state index contributed by atoms with van der Waals surface area (Å²) in [6, 6.07) is 23.5. The zero-order valence-electron chi connectivity index (χ0n) is 20.6. The average Bonchev–Trinajstić information content (AvgIpc) is 3.36. The number of benzene rings is 3. The summed E-state index contributed by atoms with van der Waals surface area (Å²) in [6.07, 6.45) is 6.63. The lowest BCUT2D eigenvalue weighted by Crippen LogP contribution is -2.44. The van der Waals surface area contributed by atoms with Crippen LogP contribution in [0.1, 0.15) is 66.2 Å². The van der Waals surface area contributed by atoms with Crippen LogP contribution >= 0.6 is 0 Å². The molecule has 0 radical (unpaired) electrons. The second-order valence-corrected chi connectivity index (χ2v) is 10.5. The maximum atomic E-state index is 10.1. The van der Waals surface area contributed by atoms with Gasteiger partial charge in [-0.1, -0.05) is 42.5 Å². The van der Waals surface area contributed by atoms with Crippen molar-refractivity contribution in [3.05, 3.63) is 89.0 Å². The monoisotopic (exact) mass is 469 g/mol. The minimum absolute atomic E-state index is 0.126. The number of ether oxygens (including phenoxy) is 2. The minimum Gasteiger partial charge on any atom is -0.508 e. The van der Waals surface area contributed by atoms with Crippen LogP contribution in [0.15, 0.2) is 66.7 Å². The van der Waals surface area contributed by atoms with Crippen LogP contribution < -0.4 is 9.64 Å². The molecule has 2 aliphatic heterocycles. The Morgan fingerprint density at radius 1 is 0.943 bits per heavy atom.